The third-order valence-electron chi connectivity index (χ3n) is 4.65. The summed E-state index contributed by atoms with van der Waals surface area (Å²) in [6.45, 7) is 0.276. The first-order valence-electron chi connectivity index (χ1n) is 8.73. The lowest BCUT2D eigenvalue weighted by Gasteiger charge is -2.18. The molecule has 0 spiro atoms. The molecular weight excluding hydrogens is 462 g/mol. The van der Waals surface area contributed by atoms with Crippen LogP contribution in [0.15, 0.2) is 57.9 Å². The molecule has 0 bridgehead atoms. The van der Waals surface area contributed by atoms with Crippen molar-refractivity contribution in [2.75, 3.05) is 30.9 Å². The van der Waals surface area contributed by atoms with Gasteiger partial charge in [0.05, 0.1) is 23.6 Å². The van der Waals surface area contributed by atoms with E-state index in [1.165, 1.54) is 38.4 Å². The lowest BCUT2D eigenvalue weighted by Crippen LogP contribution is -2.28. The Morgan fingerprint density at radius 2 is 1.86 bits per heavy atom. The van der Waals surface area contributed by atoms with Crippen LogP contribution in [0.2, 0.25) is 0 Å². The van der Waals surface area contributed by atoms with Gasteiger partial charge in [-0.05, 0) is 52.3 Å². The zero-order chi connectivity index (χ0) is 21.2. The van der Waals surface area contributed by atoms with Gasteiger partial charge in [-0.3, -0.25) is 14.4 Å². The van der Waals surface area contributed by atoms with Crippen LogP contribution < -0.4 is 10.2 Å². The second-order valence-electron chi connectivity index (χ2n) is 6.47. The van der Waals surface area contributed by atoms with Gasteiger partial charge in [-0.1, -0.05) is 16.6 Å². The number of hydrogen-bond acceptors (Lipinski definition) is 5. The number of rotatable bonds is 6. The highest BCUT2D eigenvalue weighted by Crippen LogP contribution is 2.31. The van der Waals surface area contributed by atoms with Crippen LogP contribution in [0.3, 0.4) is 0 Å². The molecule has 1 N–H and O–H groups in total. The second kappa shape index (κ2) is 8.62. The monoisotopic (exact) mass is 481 g/mol. The summed E-state index contributed by atoms with van der Waals surface area (Å²) in [6.07, 6.45) is 0.109. The van der Waals surface area contributed by atoms with Gasteiger partial charge < -0.3 is 10.2 Å². The Morgan fingerprint density at radius 1 is 1.21 bits per heavy atom. The quantitative estimate of drug-likeness (QED) is 0.639. The Hall–Kier alpha value is -2.27. The van der Waals surface area contributed by atoms with E-state index in [2.05, 4.69) is 21.2 Å². The molecule has 10 heteroatoms. The normalized spacial score (nSPS) is 17.0. The minimum absolute atomic E-state index is 0.0380. The van der Waals surface area contributed by atoms with Crippen molar-refractivity contribution < 1.29 is 22.8 Å². The van der Waals surface area contributed by atoms with Crippen molar-refractivity contribution in [3.63, 3.8) is 0 Å². The third kappa shape index (κ3) is 4.50. The maximum absolute atomic E-state index is 12.6. The van der Waals surface area contributed by atoms with Crippen molar-refractivity contribution >= 4 is 49.1 Å². The molecule has 1 aliphatic heterocycles. The van der Waals surface area contributed by atoms with Crippen LogP contribution in [0.1, 0.15) is 6.42 Å². The number of para-hydroxylation sites is 1. The van der Waals surface area contributed by atoms with Crippen LogP contribution in [-0.4, -0.2) is 45.4 Å². The molecule has 1 saturated heterocycles. The van der Waals surface area contributed by atoms with Crippen LogP contribution >= 0.6 is 15.9 Å². The molecule has 1 aliphatic rings. The van der Waals surface area contributed by atoms with Crippen molar-refractivity contribution in [2.45, 2.75) is 11.3 Å². The number of nitrogens with one attached hydrogen (secondary N) is 1. The number of nitrogens with zero attached hydrogens (tertiary/aromatic N) is 2. The Morgan fingerprint density at radius 3 is 2.48 bits per heavy atom. The van der Waals surface area contributed by atoms with Gasteiger partial charge in [0.1, 0.15) is 0 Å². The zero-order valence-corrected chi connectivity index (χ0v) is 18.2. The first-order chi connectivity index (χ1) is 13.7. The van der Waals surface area contributed by atoms with E-state index in [-0.39, 0.29) is 29.7 Å². The van der Waals surface area contributed by atoms with Crippen molar-refractivity contribution in [3.05, 3.63) is 53.0 Å². The first kappa shape index (κ1) is 21.4. The maximum Gasteiger partial charge on any atom is 0.264 e. The van der Waals surface area contributed by atoms with Gasteiger partial charge in [-0.2, -0.15) is 0 Å². The Bertz CT molecular complexity index is 1030. The number of hydroxylamine groups is 1. The molecular formula is C19H20BrN3O5S. The van der Waals surface area contributed by atoms with Gasteiger partial charge >= 0.3 is 0 Å². The standard InChI is InChI=1S/C19H20BrN3O5S/c1-22(28-2)29(26,27)15-9-7-14(8-10-15)21-19(25)13-11-18(24)23(12-13)17-6-4-3-5-16(17)20/h3-10,13H,11-12H2,1-2H3,(H,21,25). The van der Waals surface area contributed by atoms with E-state index in [1.807, 2.05) is 24.3 Å². The van der Waals surface area contributed by atoms with Crippen LogP contribution in [0.4, 0.5) is 11.4 Å². The zero-order valence-electron chi connectivity index (χ0n) is 15.8. The number of carbonyl (C=O) groups excluding carboxylic acids is 2. The van der Waals surface area contributed by atoms with Gasteiger partial charge in [-0.25, -0.2) is 8.42 Å². The number of halogens is 1. The summed E-state index contributed by atoms with van der Waals surface area (Å²) < 4.78 is 25.9. The summed E-state index contributed by atoms with van der Waals surface area (Å²) in [5.74, 6) is -0.920. The number of amides is 2. The molecule has 0 saturated carbocycles. The van der Waals surface area contributed by atoms with Crippen molar-refractivity contribution in [1.29, 1.82) is 0 Å². The average molecular weight is 482 g/mol. The van der Waals surface area contributed by atoms with E-state index in [9.17, 15) is 18.0 Å². The van der Waals surface area contributed by atoms with E-state index in [4.69, 9.17) is 4.84 Å². The fourth-order valence-electron chi connectivity index (χ4n) is 2.99. The van der Waals surface area contributed by atoms with Gasteiger partial charge in [0.25, 0.3) is 10.0 Å². The van der Waals surface area contributed by atoms with Crippen LogP contribution in [0, 0.1) is 5.92 Å². The number of hydrogen-bond donors (Lipinski definition) is 1. The number of sulfonamides is 1. The lowest BCUT2D eigenvalue weighted by atomic mass is 10.1. The van der Waals surface area contributed by atoms with Crippen LogP contribution in [-0.2, 0) is 24.4 Å². The Kier molecular flexibility index (Phi) is 6.37. The molecule has 3 rings (SSSR count). The molecule has 154 valence electrons. The van der Waals surface area contributed by atoms with Crippen molar-refractivity contribution in [1.82, 2.24) is 4.47 Å². The van der Waals surface area contributed by atoms with Crippen molar-refractivity contribution in [2.24, 2.45) is 5.92 Å². The Balaban J connectivity index is 1.68. The average Bonchev–Trinajstić information content (AvgIpc) is 3.09. The second-order valence-corrected chi connectivity index (χ2v) is 9.26. The molecule has 2 amide bonds. The highest BCUT2D eigenvalue weighted by atomic mass is 79.9. The molecule has 0 aromatic heterocycles. The SMILES string of the molecule is CON(C)S(=O)(=O)c1ccc(NC(=O)C2CC(=O)N(c3ccccc3Br)C2)cc1. The summed E-state index contributed by atoms with van der Waals surface area (Å²) in [5.41, 5.74) is 1.17. The molecule has 2 aromatic rings. The summed E-state index contributed by atoms with van der Waals surface area (Å²) in [6, 6.07) is 13.1. The molecule has 0 radical (unpaired) electrons. The summed E-state index contributed by atoms with van der Waals surface area (Å²) in [5, 5.41) is 2.74. The van der Waals surface area contributed by atoms with E-state index >= 15 is 0 Å². The molecule has 29 heavy (non-hydrogen) atoms. The number of carbonyl (C=O) groups is 2. The number of benzene rings is 2. The predicted molar refractivity (Wildman–Crippen MR) is 112 cm³/mol. The molecule has 1 atom stereocenters. The van der Waals surface area contributed by atoms with E-state index < -0.39 is 15.9 Å². The molecule has 0 aliphatic carbocycles. The third-order valence-corrected chi connectivity index (χ3v) is 7.02. The topological polar surface area (TPSA) is 96.0 Å². The molecule has 2 aromatic carbocycles. The van der Waals surface area contributed by atoms with Gasteiger partial charge in [0, 0.05) is 30.2 Å². The van der Waals surface area contributed by atoms with Gasteiger partial charge in [0.2, 0.25) is 11.8 Å². The van der Waals surface area contributed by atoms with E-state index in [0.717, 1.165) is 14.6 Å². The van der Waals surface area contributed by atoms with Crippen LogP contribution in [0.5, 0.6) is 0 Å². The molecule has 1 unspecified atom stereocenters. The number of anilines is 2. The smallest absolute Gasteiger partial charge is 0.264 e. The highest BCUT2D eigenvalue weighted by molar-refractivity contribution is 9.10. The van der Waals surface area contributed by atoms with Gasteiger partial charge in [0.15, 0.2) is 0 Å². The predicted octanol–water partition coefficient (Wildman–Crippen LogP) is 2.62. The van der Waals surface area contributed by atoms with Crippen molar-refractivity contribution in [3.8, 4) is 0 Å². The summed E-state index contributed by atoms with van der Waals surface area (Å²) in [7, 11) is -1.21. The summed E-state index contributed by atoms with van der Waals surface area (Å²) >= 11 is 3.43. The first-order valence-corrected chi connectivity index (χ1v) is 11.0. The van der Waals surface area contributed by atoms with Crippen LogP contribution in [0.25, 0.3) is 0 Å². The summed E-state index contributed by atoms with van der Waals surface area (Å²) in [4.78, 5) is 31.4. The molecule has 8 nitrogen and oxygen atoms in total. The lowest BCUT2D eigenvalue weighted by molar-refractivity contribution is -0.122. The Labute approximate surface area is 177 Å². The fourth-order valence-corrected chi connectivity index (χ4v) is 4.46. The minimum Gasteiger partial charge on any atom is -0.326 e. The van der Waals surface area contributed by atoms with E-state index in [0.29, 0.717) is 5.69 Å². The van der Waals surface area contributed by atoms with Gasteiger partial charge in [-0.15, -0.1) is 0 Å². The minimum atomic E-state index is -3.76. The highest BCUT2D eigenvalue weighted by Gasteiger charge is 2.35. The van der Waals surface area contributed by atoms with E-state index in [1.54, 1.807) is 4.90 Å². The maximum atomic E-state index is 12.6. The molecule has 1 fully saturated rings. The molecule has 1 heterocycles. The largest absolute Gasteiger partial charge is 0.326 e. The fraction of sp³-hybridized carbons (Fsp3) is 0.263.